The summed E-state index contributed by atoms with van der Waals surface area (Å²) in [7, 11) is 0. The molecule has 1 saturated heterocycles. The Bertz CT molecular complexity index is 424. The van der Waals surface area contributed by atoms with Crippen molar-refractivity contribution in [2.45, 2.75) is 31.5 Å². The van der Waals surface area contributed by atoms with Crippen molar-refractivity contribution in [1.29, 1.82) is 0 Å². The summed E-state index contributed by atoms with van der Waals surface area (Å²) >= 11 is 0. The van der Waals surface area contributed by atoms with E-state index in [2.05, 4.69) is 34.5 Å². The maximum Gasteiger partial charge on any atom is 0.321 e. The van der Waals surface area contributed by atoms with E-state index in [-0.39, 0.29) is 0 Å². The van der Waals surface area contributed by atoms with Crippen LogP contribution in [0.5, 0.6) is 0 Å². The first-order valence-electron chi connectivity index (χ1n) is 7.13. The maximum absolute atomic E-state index is 10.7. The molecule has 4 N–H and O–H groups in total. The number of nitrogens with zero attached hydrogens (tertiary/aromatic N) is 1. The molecule has 110 valence electrons. The van der Waals surface area contributed by atoms with Crippen LogP contribution in [0.15, 0.2) is 30.3 Å². The van der Waals surface area contributed by atoms with Crippen molar-refractivity contribution in [3.8, 4) is 0 Å². The van der Waals surface area contributed by atoms with Crippen molar-refractivity contribution >= 4 is 5.97 Å². The lowest BCUT2D eigenvalue weighted by molar-refractivity contribution is -0.138. The third-order valence-corrected chi connectivity index (χ3v) is 3.70. The van der Waals surface area contributed by atoms with E-state index in [4.69, 9.17) is 10.8 Å². The molecule has 0 aliphatic carbocycles. The van der Waals surface area contributed by atoms with Crippen molar-refractivity contribution in [2.75, 3.05) is 19.6 Å². The SMILES string of the molecule is NC(CNC1CCCN(Cc2ccccc2)C1)C(=O)O. The Labute approximate surface area is 119 Å². The minimum Gasteiger partial charge on any atom is -0.480 e. The topological polar surface area (TPSA) is 78.6 Å². The quantitative estimate of drug-likeness (QED) is 0.711. The van der Waals surface area contributed by atoms with Gasteiger partial charge in [-0.3, -0.25) is 9.69 Å². The van der Waals surface area contributed by atoms with E-state index in [0.29, 0.717) is 12.6 Å². The summed E-state index contributed by atoms with van der Waals surface area (Å²) in [5.41, 5.74) is 6.83. The van der Waals surface area contributed by atoms with E-state index in [0.717, 1.165) is 32.5 Å². The van der Waals surface area contributed by atoms with Gasteiger partial charge in [0.2, 0.25) is 0 Å². The van der Waals surface area contributed by atoms with Crippen LogP contribution in [-0.4, -0.2) is 47.7 Å². The highest BCUT2D eigenvalue weighted by molar-refractivity contribution is 5.73. The van der Waals surface area contributed by atoms with E-state index in [1.165, 1.54) is 5.56 Å². The van der Waals surface area contributed by atoms with Crippen molar-refractivity contribution < 1.29 is 9.90 Å². The van der Waals surface area contributed by atoms with Crippen LogP contribution in [0.4, 0.5) is 0 Å². The van der Waals surface area contributed by atoms with Crippen LogP contribution in [0.25, 0.3) is 0 Å². The zero-order valence-corrected chi connectivity index (χ0v) is 11.7. The van der Waals surface area contributed by atoms with Gasteiger partial charge in [-0.2, -0.15) is 0 Å². The summed E-state index contributed by atoms with van der Waals surface area (Å²) in [6.45, 7) is 3.32. The molecular formula is C15H23N3O2. The van der Waals surface area contributed by atoms with E-state index in [1.54, 1.807) is 0 Å². The summed E-state index contributed by atoms with van der Waals surface area (Å²) in [5, 5.41) is 12.1. The first kappa shape index (κ1) is 15.0. The molecule has 2 rings (SSSR count). The van der Waals surface area contributed by atoms with Crippen LogP contribution in [0.1, 0.15) is 18.4 Å². The fourth-order valence-electron chi connectivity index (χ4n) is 2.59. The second kappa shape index (κ2) is 7.38. The largest absolute Gasteiger partial charge is 0.480 e. The smallest absolute Gasteiger partial charge is 0.321 e. The van der Waals surface area contributed by atoms with Gasteiger partial charge in [0.25, 0.3) is 0 Å². The number of rotatable bonds is 6. The van der Waals surface area contributed by atoms with Gasteiger partial charge in [0.15, 0.2) is 0 Å². The molecule has 1 aromatic carbocycles. The maximum atomic E-state index is 10.7. The molecule has 1 aliphatic rings. The number of carboxylic acid groups (broad SMARTS) is 1. The number of benzene rings is 1. The Morgan fingerprint density at radius 1 is 1.45 bits per heavy atom. The molecule has 1 heterocycles. The van der Waals surface area contributed by atoms with Crippen LogP contribution >= 0.6 is 0 Å². The first-order chi connectivity index (χ1) is 9.65. The average Bonchev–Trinajstić information content (AvgIpc) is 2.46. The number of carbonyl (C=O) groups is 1. The molecule has 0 aromatic heterocycles. The number of nitrogens with two attached hydrogens (primary N) is 1. The molecular weight excluding hydrogens is 254 g/mol. The van der Waals surface area contributed by atoms with Gasteiger partial charge >= 0.3 is 5.97 Å². The lowest BCUT2D eigenvalue weighted by Gasteiger charge is -2.33. The first-order valence-corrected chi connectivity index (χ1v) is 7.13. The average molecular weight is 277 g/mol. The Kier molecular flexibility index (Phi) is 5.52. The molecule has 20 heavy (non-hydrogen) atoms. The van der Waals surface area contributed by atoms with Crippen molar-refractivity contribution in [1.82, 2.24) is 10.2 Å². The Morgan fingerprint density at radius 2 is 2.20 bits per heavy atom. The third kappa shape index (κ3) is 4.59. The fourth-order valence-corrected chi connectivity index (χ4v) is 2.59. The third-order valence-electron chi connectivity index (χ3n) is 3.70. The minimum atomic E-state index is -0.950. The molecule has 1 fully saturated rings. The number of likely N-dealkylation sites (tertiary alicyclic amines) is 1. The second-order valence-corrected chi connectivity index (χ2v) is 5.41. The zero-order chi connectivity index (χ0) is 14.4. The van der Waals surface area contributed by atoms with Gasteiger partial charge in [0.05, 0.1) is 0 Å². The normalized spacial score (nSPS) is 21.6. The van der Waals surface area contributed by atoms with Crippen LogP contribution in [0.3, 0.4) is 0 Å². The monoisotopic (exact) mass is 277 g/mol. The zero-order valence-electron chi connectivity index (χ0n) is 11.7. The van der Waals surface area contributed by atoms with Gasteiger partial charge in [-0.1, -0.05) is 30.3 Å². The highest BCUT2D eigenvalue weighted by atomic mass is 16.4. The van der Waals surface area contributed by atoms with Gasteiger partial charge in [-0.25, -0.2) is 0 Å². The van der Waals surface area contributed by atoms with Crippen LogP contribution in [0.2, 0.25) is 0 Å². The molecule has 0 radical (unpaired) electrons. The summed E-state index contributed by atoms with van der Waals surface area (Å²) in [4.78, 5) is 13.1. The van der Waals surface area contributed by atoms with Gasteiger partial charge in [0, 0.05) is 25.7 Å². The molecule has 0 bridgehead atoms. The lowest BCUT2D eigenvalue weighted by Crippen LogP contribution is -2.50. The van der Waals surface area contributed by atoms with E-state index in [1.807, 2.05) is 6.07 Å². The number of hydrogen-bond acceptors (Lipinski definition) is 4. The highest BCUT2D eigenvalue weighted by Crippen LogP contribution is 2.13. The standard InChI is InChI=1S/C15H23N3O2/c16-14(15(19)20)9-17-13-7-4-8-18(11-13)10-12-5-2-1-3-6-12/h1-3,5-6,13-14,17H,4,7-11,16H2,(H,19,20). The van der Waals surface area contributed by atoms with E-state index < -0.39 is 12.0 Å². The molecule has 2 atom stereocenters. The molecule has 2 unspecified atom stereocenters. The lowest BCUT2D eigenvalue weighted by atomic mass is 10.0. The molecule has 1 aliphatic heterocycles. The molecule has 0 amide bonds. The molecule has 1 aromatic rings. The number of aliphatic carboxylic acids is 1. The minimum absolute atomic E-state index is 0.331. The predicted octanol–water partition coefficient (Wildman–Crippen LogP) is 0.653. The van der Waals surface area contributed by atoms with Crippen LogP contribution < -0.4 is 11.1 Å². The summed E-state index contributed by atoms with van der Waals surface area (Å²) in [6, 6.07) is 9.92. The molecule has 0 spiro atoms. The van der Waals surface area contributed by atoms with E-state index in [9.17, 15) is 4.79 Å². The number of nitrogens with one attached hydrogen (secondary N) is 1. The van der Waals surface area contributed by atoms with Gasteiger partial charge in [-0.05, 0) is 24.9 Å². The predicted molar refractivity (Wildman–Crippen MR) is 78.4 cm³/mol. The number of piperidine rings is 1. The van der Waals surface area contributed by atoms with Gasteiger partial charge in [0.1, 0.15) is 6.04 Å². The summed E-state index contributed by atoms with van der Waals surface area (Å²) in [6.07, 6.45) is 2.21. The number of hydrogen-bond donors (Lipinski definition) is 3. The number of carboxylic acids is 1. The van der Waals surface area contributed by atoms with Crippen molar-refractivity contribution in [3.05, 3.63) is 35.9 Å². The molecule has 5 nitrogen and oxygen atoms in total. The van der Waals surface area contributed by atoms with Gasteiger partial charge in [-0.15, -0.1) is 0 Å². The molecule has 5 heteroatoms. The Balaban J connectivity index is 1.78. The second-order valence-electron chi connectivity index (χ2n) is 5.41. The Hall–Kier alpha value is -1.43. The van der Waals surface area contributed by atoms with Crippen molar-refractivity contribution in [3.63, 3.8) is 0 Å². The van der Waals surface area contributed by atoms with Gasteiger partial charge < -0.3 is 16.2 Å². The fraction of sp³-hybridized carbons (Fsp3) is 0.533. The highest BCUT2D eigenvalue weighted by Gasteiger charge is 2.21. The van der Waals surface area contributed by atoms with Crippen LogP contribution in [-0.2, 0) is 11.3 Å². The Morgan fingerprint density at radius 3 is 2.90 bits per heavy atom. The summed E-state index contributed by atoms with van der Waals surface area (Å²) < 4.78 is 0. The van der Waals surface area contributed by atoms with Crippen molar-refractivity contribution in [2.24, 2.45) is 5.73 Å². The molecule has 0 saturated carbocycles. The summed E-state index contributed by atoms with van der Waals surface area (Å²) in [5.74, 6) is -0.950. The van der Waals surface area contributed by atoms with E-state index >= 15 is 0 Å². The van der Waals surface area contributed by atoms with Crippen LogP contribution in [0, 0.1) is 0 Å².